The Kier molecular flexibility index (Phi) is 7.81. The number of carbonyl (C=O) groups excluding carboxylic acids is 1. The predicted octanol–water partition coefficient (Wildman–Crippen LogP) is 5.92. The van der Waals surface area contributed by atoms with E-state index in [-0.39, 0.29) is 18.2 Å². The van der Waals surface area contributed by atoms with Crippen molar-refractivity contribution in [3.05, 3.63) is 61.4 Å². The molecule has 4 aromatic rings. The van der Waals surface area contributed by atoms with E-state index < -0.39 is 5.60 Å². The normalized spacial score (nSPS) is 20.0. The Hall–Kier alpha value is -4.05. The smallest absolute Gasteiger partial charge is 0.410 e. The van der Waals surface area contributed by atoms with Gasteiger partial charge < -0.3 is 14.7 Å². The van der Waals surface area contributed by atoms with Gasteiger partial charge in [-0.3, -0.25) is 9.36 Å². The third kappa shape index (κ3) is 6.38. The van der Waals surface area contributed by atoms with E-state index in [0.717, 1.165) is 66.3 Å². The van der Waals surface area contributed by atoms with Crippen LogP contribution in [0.4, 0.5) is 4.79 Å². The quantitative estimate of drug-likeness (QED) is 0.318. The van der Waals surface area contributed by atoms with E-state index in [1.165, 1.54) is 0 Å². The van der Waals surface area contributed by atoms with Gasteiger partial charge in [0.2, 0.25) is 0 Å². The Morgan fingerprint density at radius 1 is 0.786 bits per heavy atom. The van der Waals surface area contributed by atoms with Gasteiger partial charge in [-0.05, 0) is 70.9 Å². The molecule has 1 aliphatic heterocycles. The summed E-state index contributed by atoms with van der Waals surface area (Å²) in [6, 6.07) is 8.78. The molecule has 3 aromatic heterocycles. The molecular weight excluding hydrogens is 530 g/mol. The summed E-state index contributed by atoms with van der Waals surface area (Å²) in [5, 5.41) is 19.0. The molecule has 2 aliphatic rings. The van der Waals surface area contributed by atoms with Crippen molar-refractivity contribution >= 4 is 6.09 Å². The Balaban J connectivity index is 1.10. The highest BCUT2D eigenvalue weighted by molar-refractivity contribution is 5.70. The van der Waals surface area contributed by atoms with Gasteiger partial charge in [0.25, 0.3) is 0 Å². The molecule has 1 aliphatic carbocycles. The molecule has 10 nitrogen and oxygen atoms in total. The number of aliphatic hydroxyl groups is 1. The maximum atomic E-state index is 12.4. The van der Waals surface area contributed by atoms with Crippen LogP contribution in [0, 0.1) is 0 Å². The van der Waals surface area contributed by atoms with E-state index in [9.17, 15) is 9.90 Å². The molecule has 0 radical (unpaired) electrons. The second-order valence-corrected chi connectivity index (χ2v) is 12.5. The summed E-state index contributed by atoms with van der Waals surface area (Å²) in [6.45, 7) is 6.98. The first-order valence-electron chi connectivity index (χ1n) is 14.9. The van der Waals surface area contributed by atoms with Gasteiger partial charge in [-0.15, -0.1) is 0 Å². The lowest BCUT2D eigenvalue weighted by atomic mass is 9.93. The monoisotopic (exact) mass is 569 g/mol. The van der Waals surface area contributed by atoms with E-state index in [2.05, 4.69) is 44.7 Å². The molecule has 10 heteroatoms. The van der Waals surface area contributed by atoms with Gasteiger partial charge >= 0.3 is 6.09 Å². The summed E-state index contributed by atoms with van der Waals surface area (Å²) in [7, 11) is 0. The molecule has 0 spiro atoms. The van der Waals surface area contributed by atoms with Crippen LogP contribution in [0.1, 0.15) is 71.4 Å². The molecular formula is C32H39N7O3. The molecule has 1 saturated heterocycles. The number of ether oxygens (including phenoxy) is 1. The van der Waals surface area contributed by atoms with Crippen LogP contribution >= 0.6 is 0 Å². The van der Waals surface area contributed by atoms with Crippen molar-refractivity contribution in [1.82, 2.24) is 34.4 Å². The minimum atomic E-state index is -0.489. The largest absolute Gasteiger partial charge is 0.444 e. The molecule has 4 heterocycles. The van der Waals surface area contributed by atoms with Crippen molar-refractivity contribution < 1.29 is 14.6 Å². The Morgan fingerprint density at radius 3 is 1.98 bits per heavy atom. The highest BCUT2D eigenvalue weighted by atomic mass is 16.6. The fourth-order valence-electron chi connectivity index (χ4n) is 5.80. The van der Waals surface area contributed by atoms with E-state index in [4.69, 9.17) is 4.74 Å². The van der Waals surface area contributed by atoms with Gasteiger partial charge in [-0.25, -0.2) is 14.8 Å². The van der Waals surface area contributed by atoms with E-state index in [1.54, 1.807) is 4.90 Å². The van der Waals surface area contributed by atoms with Gasteiger partial charge in [0.05, 0.1) is 30.6 Å². The van der Waals surface area contributed by atoms with E-state index >= 15 is 0 Å². The van der Waals surface area contributed by atoms with Gasteiger partial charge in [-0.1, -0.05) is 18.2 Å². The highest BCUT2D eigenvalue weighted by Crippen LogP contribution is 2.31. The van der Waals surface area contributed by atoms with Gasteiger partial charge in [0.1, 0.15) is 5.60 Å². The SMILES string of the molecule is CC(C)(C)OC(=O)N1CCC(n2cc(-c3cccc(-c4ncc(-c5cnn([C@H]6CC[C@H](O)CC6)c5)cn4)c3)cn2)CC1. The second-order valence-electron chi connectivity index (χ2n) is 12.5. The molecule has 220 valence electrons. The van der Waals surface area contributed by atoms with Gasteiger partial charge in [0.15, 0.2) is 5.82 Å². The zero-order valence-corrected chi connectivity index (χ0v) is 24.6. The lowest BCUT2D eigenvalue weighted by molar-refractivity contribution is 0.0184. The first kappa shape index (κ1) is 28.1. The van der Waals surface area contributed by atoms with Crippen LogP contribution in [0.2, 0.25) is 0 Å². The molecule has 1 saturated carbocycles. The lowest BCUT2D eigenvalue weighted by Gasteiger charge is -2.33. The van der Waals surface area contributed by atoms with Crippen molar-refractivity contribution in [2.24, 2.45) is 0 Å². The van der Waals surface area contributed by atoms with Crippen LogP contribution in [0.15, 0.2) is 61.4 Å². The number of likely N-dealkylation sites (tertiary alicyclic amines) is 1. The number of aliphatic hydroxyl groups excluding tert-OH is 1. The summed E-state index contributed by atoms with van der Waals surface area (Å²) in [4.78, 5) is 23.5. The molecule has 0 bridgehead atoms. The minimum Gasteiger partial charge on any atom is -0.444 e. The van der Waals surface area contributed by atoms with E-state index in [0.29, 0.717) is 25.0 Å². The summed E-state index contributed by atoms with van der Waals surface area (Å²) < 4.78 is 9.57. The van der Waals surface area contributed by atoms with Crippen LogP contribution in [-0.4, -0.2) is 70.4 Å². The first-order chi connectivity index (χ1) is 20.2. The molecule has 1 amide bonds. The van der Waals surface area contributed by atoms with Crippen molar-refractivity contribution in [3.8, 4) is 33.6 Å². The van der Waals surface area contributed by atoms with Crippen molar-refractivity contribution in [1.29, 1.82) is 0 Å². The number of nitrogens with zero attached hydrogens (tertiary/aromatic N) is 7. The molecule has 1 aromatic carbocycles. The number of rotatable bonds is 5. The van der Waals surface area contributed by atoms with Crippen molar-refractivity contribution in [2.75, 3.05) is 13.1 Å². The second kappa shape index (κ2) is 11.7. The Labute approximate surface area is 246 Å². The lowest BCUT2D eigenvalue weighted by Crippen LogP contribution is -2.42. The number of benzene rings is 1. The fraction of sp³-hybridized carbons (Fsp3) is 0.469. The zero-order chi connectivity index (χ0) is 29.3. The van der Waals surface area contributed by atoms with Crippen LogP contribution in [0.3, 0.4) is 0 Å². The van der Waals surface area contributed by atoms with Crippen LogP contribution in [0.25, 0.3) is 33.6 Å². The average Bonchev–Trinajstić information content (AvgIpc) is 3.68. The van der Waals surface area contributed by atoms with Crippen molar-refractivity contribution in [2.45, 2.75) is 83.1 Å². The van der Waals surface area contributed by atoms with Crippen LogP contribution in [0.5, 0.6) is 0 Å². The predicted molar refractivity (Wildman–Crippen MR) is 159 cm³/mol. The number of hydrogen-bond donors (Lipinski definition) is 1. The third-order valence-corrected chi connectivity index (χ3v) is 8.17. The summed E-state index contributed by atoms with van der Waals surface area (Å²) >= 11 is 0. The highest BCUT2D eigenvalue weighted by Gasteiger charge is 2.28. The molecule has 6 rings (SSSR count). The maximum absolute atomic E-state index is 12.4. The van der Waals surface area contributed by atoms with E-state index in [1.807, 2.05) is 67.1 Å². The summed E-state index contributed by atoms with van der Waals surface area (Å²) in [6.07, 6.45) is 16.4. The fourth-order valence-corrected chi connectivity index (χ4v) is 5.80. The molecule has 1 N–H and O–H groups in total. The van der Waals surface area contributed by atoms with Crippen LogP contribution < -0.4 is 0 Å². The van der Waals surface area contributed by atoms with Crippen LogP contribution in [-0.2, 0) is 4.74 Å². The third-order valence-electron chi connectivity index (χ3n) is 8.17. The topological polar surface area (TPSA) is 111 Å². The zero-order valence-electron chi connectivity index (χ0n) is 24.6. The number of aromatic nitrogens is 6. The van der Waals surface area contributed by atoms with Gasteiger partial charge in [-0.2, -0.15) is 10.2 Å². The maximum Gasteiger partial charge on any atom is 0.410 e. The van der Waals surface area contributed by atoms with Crippen molar-refractivity contribution in [3.63, 3.8) is 0 Å². The average molecular weight is 570 g/mol. The summed E-state index contributed by atoms with van der Waals surface area (Å²) in [5.74, 6) is 0.663. The number of amides is 1. The Bertz CT molecular complexity index is 1510. The minimum absolute atomic E-state index is 0.178. The Morgan fingerprint density at radius 2 is 1.36 bits per heavy atom. The standard InChI is InChI=1S/C32H39N7O3/c1-32(2,3)42-31(41)37-13-11-28(12-14-37)39-20-25(18-35-39)22-5-4-6-23(15-22)30-33-16-24(17-34-30)26-19-36-38(21-26)27-7-9-29(40)10-8-27/h4-6,15-21,27-29,40H,7-14H2,1-3H3/t27-,29-. The number of piperidine rings is 1. The number of carbonyl (C=O) groups is 1. The molecule has 2 fully saturated rings. The van der Waals surface area contributed by atoms with Gasteiger partial charge in [0, 0.05) is 60.1 Å². The number of hydrogen-bond acceptors (Lipinski definition) is 7. The molecule has 42 heavy (non-hydrogen) atoms. The first-order valence-corrected chi connectivity index (χ1v) is 14.9. The summed E-state index contributed by atoms with van der Waals surface area (Å²) in [5.41, 5.74) is 4.45. The molecule has 0 atom stereocenters. The molecule has 0 unspecified atom stereocenters.